The molecule has 1 fully saturated rings. The standard InChI is InChI=1S/C20H28N2O/c1-16-7-5-6-10-18(16)15-22-13-11-19(12-14-22)21-20(23)17-8-3-2-4-9-17/h2-3,5-7,10,17,19H,4,8-9,11-15H2,1H3,(H,21,23)/t17-/m0/s1. The molecule has 1 heterocycles. The van der Waals surface area contributed by atoms with Gasteiger partial charge in [0.25, 0.3) is 0 Å². The molecular formula is C20H28N2O. The Kier molecular flexibility index (Phi) is 5.50. The normalized spacial score (nSPS) is 22.9. The zero-order chi connectivity index (χ0) is 16.1. The van der Waals surface area contributed by atoms with Crippen LogP contribution in [0.25, 0.3) is 0 Å². The number of carbonyl (C=O) groups excluding carboxylic acids is 1. The number of benzene rings is 1. The van der Waals surface area contributed by atoms with Crippen LogP contribution in [0.2, 0.25) is 0 Å². The second-order valence-corrected chi connectivity index (χ2v) is 6.97. The largest absolute Gasteiger partial charge is 0.353 e. The molecule has 124 valence electrons. The molecule has 23 heavy (non-hydrogen) atoms. The van der Waals surface area contributed by atoms with E-state index in [1.54, 1.807) is 0 Å². The predicted octanol–water partition coefficient (Wildman–Crippen LogP) is 3.43. The van der Waals surface area contributed by atoms with E-state index in [0.717, 1.165) is 51.7 Å². The third-order valence-corrected chi connectivity index (χ3v) is 5.23. The van der Waals surface area contributed by atoms with Gasteiger partial charge in [-0.05, 0) is 50.2 Å². The van der Waals surface area contributed by atoms with E-state index >= 15 is 0 Å². The quantitative estimate of drug-likeness (QED) is 0.864. The second-order valence-electron chi connectivity index (χ2n) is 6.97. The van der Waals surface area contributed by atoms with Crippen LogP contribution in [0.5, 0.6) is 0 Å². The van der Waals surface area contributed by atoms with Crippen molar-refractivity contribution in [2.75, 3.05) is 13.1 Å². The van der Waals surface area contributed by atoms with Gasteiger partial charge in [-0.2, -0.15) is 0 Å². The molecule has 1 aromatic rings. The predicted molar refractivity (Wildman–Crippen MR) is 94.1 cm³/mol. The van der Waals surface area contributed by atoms with E-state index in [4.69, 9.17) is 0 Å². The summed E-state index contributed by atoms with van der Waals surface area (Å²) in [7, 11) is 0. The van der Waals surface area contributed by atoms with Gasteiger partial charge in [-0.3, -0.25) is 9.69 Å². The highest BCUT2D eigenvalue weighted by Gasteiger charge is 2.24. The summed E-state index contributed by atoms with van der Waals surface area (Å²) in [5.41, 5.74) is 2.79. The van der Waals surface area contributed by atoms with Gasteiger partial charge in [-0.25, -0.2) is 0 Å². The number of aryl methyl sites for hydroxylation is 1. The number of nitrogens with one attached hydrogen (secondary N) is 1. The molecule has 0 saturated carbocycles. The van der Waals surface area contributed by atoms with E-state index < -0.39 is 0 Å². The molecule has 1 aromatic carbocycles. The lowest BCUT2D eigenvalue weighted by atomic mass is 9.93. The minimum Gasteiger partial charge on any atom is -0.353 e. The number of rotatable bonds is 4. The molecule has 3 nitrogen and oxygen atoms in total. The Morgan fingerprint density at radius 1 is 1.17 bits per heavy atom. The number of amides is 1. The third-order valence-electron chi connectivity index (χ3n) is 5.23. The first-order valence-corrected chi connectivity index (χ1v) is 8.94. The van der Waals surface area contributed by atoms with E-state index in [9.17, 15) is 4.79 Å². The molecule has 1 N–H and O–H groups in total. The van der Waals surface area contributed by atoms with Gasteiger partial charge in [-0.1, -0.05) is 36.4 Å². The zero-order valence-electron chi connectivity index (χ0n) is 14.1. The molecule has 1 atom stereocenters. The lowest BCUT2D eigenvalue weighted by molar-refractivity contribution is -0.126. The van der Waals surface area contributed by atoms with Crippen LogP contribution in [0.1, 0.15) is 43.2 Å². The topological polar surface area (TPSA) is 32.3 Å². The number of hydrogen-bond acceptors (Lipinski definition) is 2. The van der Waals surface area contributed by atoms with E-state index in [-0.39, 0.29) is 11.8 Å². The Bertz CT molecular complexity index is 559. The molecule has 0 aromatic heterocycles. The highest BCUT2D eigenvalue weighted by atomic mass is 16.1. The van der Waals surface area contributed by atoms with Crippen LogP contribution in [0, 0.1) is 12.8 Å². The third kappa shape index (κ3) is 4.44. The van der Waals surface area contributed by atoms with Gasteiger partial charge in [0.1, 0.15) is 0 Å². The maximum absolute atomic E-state index is 12.3. The summed E-state index contributed by atoms with van der Waals surface area (Å²) >= 11 is 0. The average molecular weight is 312 g/mol. The smallest absolute Gasteiger partial charge is 0.223 e. The van der Waals surface area contributed by atoms with Crippen LogP contribution < -0.4 is 5.32 Å². The number of nitrogens with zero attached hydrogens (tertiary/aromatic N) is 1. The van der Waals surface area contributed by atoms with Gasteiger partial charge in [0.15, 0.2) is 0 Å². The van der Waals surface area contributed by atoms with Crippen LogP contribution in [-0.2, 0) is 11.3 Å². The van der Waals surface area contributed by atoms with E-state index in [0.29, 0.717) is 6.04 Å². The Labute approximate surface area is 139 Å². The van der Waals surface area contributed by atoms with Crippen molar-refractivity contribution in [2.24, 2.45) is 5.92 Å². The van der Waals surface area contributed by atoms with Gasteiger partial charge in [-0.15, -0.1) is 0 Å². The molecule has 3 rings (SSSR count). The fourth-order valence-electron chi connectivity index (χ4n) is 3.61. The van der Waals surface area contributed by atoms with Crippen LogP contribution in [0.3, 0.4) is 0 Å². The van der Waals surface area contributed by atoms with Crippen molar-refractivity contribution in [1.29, 1.82) is 0 Å². The summed E-state index contributed by atoms with van der Waals surface area (Å²) in [6.45, 7) is 5.36. The second kappa shape index (κ2) is 7.78. The first-order chi connectivity index (χ1) is 11.2. The Hall–Kier alpha value is -1.61. The van der Waals surface area contributed by atoms with Gasteiger partial charge in [0.2, 0.25) is 5.91 Å². The van der Waals surface area contributed by atoms with Crippen LogP contribution in [0.4, 0.5) is 0 Å². The highest BCUT2D eigenvalue weighted by Crippen LogP contribution is 2.20. The maximum Gasteiger partial charge on any atom is 0.223 e. The number of likely N-dealkylation sites (tertiary alicyclic amines) is 1. The Morgan fingerprint density at radius 3 is 2.65 bits per heavy atom. The summed E-state index contributed by atoms with van der Waals surface area (Å²) in [5, 5.41) is 3.28. The first kappa shape index (κ1) is 16.3. The van der Waals surface area contributed by atoms with Crippen molar-refractivity contribution in [3.05, 3.63) is 47.5 Å². The average Bonchev–Trinajstić information content (AvgIpc) is 2.59. The molecule has 0 radical (unpaired) electrons. The summed E-state index contributed by atoms with van der Waals surface area (Å²) in [6, 6.07) is 8.98. The molecule has 1 amide bonds. The fourth-order valence-corrected chi connectivity index (χ4v) is 3.61. The summed E-state index contributed by atoms with van der Waals surface area (Å²) < 4.78 is 0. The van der Waals surface area contributed by atoms with Crippen LogP contribution in [-0.4, -0.2) is 29.9 Å². The number of piperidine rings is 1. The van der Waals surface area contributed by atoms with Gasteiger partial charge < -0.3 is 5.32 Å². The Morgan fingerprint density at radius 2 is 1.96 bits per heavy atom. The molecule has 1 aliphatic heterocycles. The minimum absolute atomic E-state index is 0.199. The minimum atomic E-state index is 0.199. The fraction of sp³-hybridized carbons (Fsp3) is 0.550. The van der Waals surface area contributed by atoms with Crippen molar-refractivity contribution in [2.45, 2.75) is 51.6 Å². The van der Waals surface area contributed by atoms with E-state index in [1.807, 2.05) is 0 Å². The number of carbonyl (C=O) groups is 1. The number of hydrogen-bond donors (Lipinski definition) is 1. The molecule has 0 bridgehead atoms. The summed E-state index contributed by atoms with van der Waals surface area (Å²) in [6.07, 6.45) is 9.45. The Balaban J connectivity index is 1.44. The molecule has 2 aliphatic rings. The lowest BCUT2D eigenvalue weighted by Gasteiger charge is -2.33. The van der Waals surface area contributed by atoms with Gasteiger partial charge >= 0.3 is 0 Å². The number of allylic oxidation sites excluding steroid dienone is 2. The molecule has 3 heteroatoms. The highest BCUT2D eigenvalue weighted by molar-refractivity contribution is 5.79. The molecule has 0 spiro atoms. The van der Waals surface area contributed by atoms with Crippen molar-refractivity contribution in [3.63, 3.8) is 0 Å². The van der Waals surface area contributed by atoms with Crippen molar-refractivity contribution >= 4 is 5.91 Å². The molecule has 1 aliphatic carbocycles. The van der Waals surface area contributed by atoms with E-state index in [1.165, 1.54) is 11.1 Å². The molecule has 0 unspecified atom stereocenters. The SMILES string of the molecule is Cc1ccccc1CN1CCC(NC(=O)[C@H]2CC=CCC2)CC1. The van der Waals surface area contributed by atoms with Crippen molar-refractivity contribution in [1.82, 2.24) is 10.2 Å². The zero-order valence-corrected chi connectivity index (χ0v) is 14.1. The van der Waals surface area contributed by atoms with Crippen molar-refractivity contribution < 1.29 is 4.79 Å². The first-order valence-electron chi connectivity index (χ1n) is 8.94. The summed E-state index contributed by atoms with van der Waals surface area (Å²) in [5.74, 6) is 0.469. The monoisotopic (exact) mass is 312 g/mol. The summed E-state index contributed by atoms with van der Waals surface area (Å²) in [4.78, 5) is 14.8. The van der Waals surface area contributed by atoms with Crippen molar-refractivity contribution in [3.8, 4) is 0 Å². The maximum atomic E-state index is 12.3. The lowest BCUT2D eigenvalue weighted by Crippen LogP contribution is -2.46. The van der Waals surface area contributed by atoms with Gasteiger partial charge in [0.05, 0.1) is 0 Å². The molecule has 1 saturated heterocycles. The van der Waals surface area contributed by atoms with E-state index in [2.05, 4.69) is 53.6 Å². The molecular weight excluding hydrogens is 284 g/mol. The van der Waals surface area contributed by atoms with Crippen LogP contribution in [0.15, 0.2) is 36.4 Å². The van der Waals surface area contributed by atoms with Gasteiger partial charge in [0, 0.05) is 31.6 Å². The van der Waals surface area contributed by atoms with Crippen LogP contribution >= 0.6 is 0 Å².